The number of aryl methyl sites for hydroxylation is 1. The van der Waals surface area contributed by atoms with Crippen LogP contribution in [0.2, 0.25) is 5.02 Å². The van der Waals surface area contributed by atoms with E-state index in [-0.39, 0.29) is 11.6 Å². The predicted octanol–water partition coefficient (Wildman–Crippen LogP) is 3.01. The quantitative estimate of drug-likeness (QED) is 0.419. The number of nitrogens with zero attached hydrogens (tertiary/aromatic N) is 4. The Labute approximate surface area is 152 Å². The van der Waals surface area contributed by atoms with E-state index in [1.807, 2.05) is 0 Å². The van der Waals surface area contributed by atoms with E-state index >= 15 is 0 Å². The van der Waals surface area contributed by atoms with Crippen LogP contribution in [0.1, 0.15) is 15.9 Å². The fraction of sp³-hybridized carbons (Fsp3) is 0.0625. The summed E-state index contributed by atoms with van der Waals surface area (Å²) in [7, 11) is 1.69. The lowest BCUT2D eigenvalue weighted by Crippen LogP contribution is -2.17. The zero-order chi connectivity index (χ0) is 18.7. The Morgan fingerprint density at radius 2 is 2.08 bits per heavy atom. The van der Waals surface area contributed by atoms with Gasteiger partial charge in [-0.1, -0.05) is 11.6 Å². The molecule has 0 atom stereocenters. The van der Waals surface area contributed by atoms with Crippen molar-refractivity contribution in [2.75, 3.05) is 0 Å². The van der Waals surface area contributed by atoms with Crippen LogP contribution in [0.15, 0.2) is 52.1 Å². The minimum atomic E-state index is -0.632. The molecule has 0 spiro atoms. The first-order valence-corrected chi connectivity index (χ1v) is 7.69. The van der Waals surface area contributed by atoms with Crippen LogP contribution in [0, 0.1) is 10.1 Å². The Kier molecular flexibility index (Phi) is 4.81. The molecule has 132 valence electrons. The predicted molar refractivity (Wildman–Crippen MR) is 94.1 cm³/mol. The highest BCUT2D eigenvalue weighted by atomic mass is 35.5. The zero-order valence-electron chi connectivity index (χ0n) is 13.4. The van der Waals surface area contributed by atoms with E-state index in [1.54, 1.807) is 37.5 Å². The number of amides is 1. The summed E-state index contributed by atoms with van der Waals surface area (Å²) in [6.45, 7) is 0. The van der Waals surface area contributed by atoms with Crippen molar-refractivity contribution >= 4 is 29.6 Å². The van der Waals surface area contributed by atoms with E-state index in [2.05, 4.69) is 15.6 Å². The molecule has 26 heavy (non-hydrogen) atoms. The van der Waals surface area contributed by atoms with Crippen molar-refractivity contribution in [3.8, 4) is 11.5 Å². The number of furan rings is 1. The molecule has 0 aliphatic heterocycles. The third-order valence-corrected chi connectivity index (χ3v) is 3.59. The van der Waals surface area contributed by atoms with Gasteiger partial charge >= 0.3 is 5.88 Å². The Bertz CT molecular complexity index is 990. The van der Waals surface area contributed by atoms with Crippen molar-refractivity contribution < 1.29 is 14.1 Å². The van der Waals surface area contributed by atoms with Gasteiger partial charge in [-0.05, 0) is 30.3 Å². The number of aromatic nitrogens is 2. The van der Waals surface area contributed by atoms with E-state index in [1.165, 1.54) is 23.0 Å². The van der Waals surface area contributed by atoms with Gasteiger partial charge in [-0.25, -0.2) is 5.43 Å². The summed E-state index contributed by atoms with van der Waals surface area (Å²) in [4.78, 5) is 22.1. The van der Waals surface area contributed by atoms with Crippen LogP contribution in [-0.4, -0.2) is 26.8 Å². The largest absolute Gasteiger partial charge is 0.433 e. The first kappa shape index (κ1) is 17.4. The molecule has 0 saturated carbocycles. The minimum absolute atomic E-state index is 0.225. The van der Waals surface area contributed by atoms with Gasteiger partial charge in [0, 0.05) is 29.4 Å². The number of halogens is 1. The van der Waals surface area contributed by atoms with E-state index in [9.17, 15) is 14.9 Å². The van der Waals surface area contributed by atoms with Gasteiger partial charge in [0.05, 0.1) is 12.3 Å². The second-order valence-corrected chi connectivity index (χ2v) is 5.64. The van der Waals surface area contributed by atoms with Crippen LogP contribution in [0.4, 0.5) is 5.88 Å². The zero-order valence-corrected chi connectivity index (χ0v) is 14.2. The number of nitrogens with one attached hydrogen (secondary N) is 1. The van der Waals surface area contributed by atoms with Crippen LogP contribution in [0.3, 0.4) is 0 Å². The SMILES string of the molecule is Cn1cc(C=NNC(=O)c2ccc(Cl)cc2)c(-c2ccc([N+](=O)[O-])o2)n1. The summed E-state index contributed by atoms with van der Waals surface area (Å²) in [5.74, 6) is -0.565. The van der Waals surface area contributed by atoms with Gasteiger partial charge in [0.2, 0.25) is 0 Å². The van der Waals surface area contributed by atoms with Crippen LogP contribution in [0.5, 0.6) is 0 Å². The number of nitro groups is 1. The van der Waals surface area contributed by atoms with E-state index in [0.717, 1.165) is 0 Å². The molecule has 9 nitrogen and oxygen atoms in total. The number of carbonyl (C=O) groups excluding carboxylic acids is 1. The summed E-state index contributed by atoms with van der Waals surface area (Å²) in [6, 6.07) is 9.04. The molecule has 1 N–H and O–H groups in total. The molecule has 3 rings (SSSR count). The molecule has 2 heterocycles. The topological polar surface area (TPSA) is 116 Å². The number of rotatable bonds is 5. The lowest BCUT2D eigenvalue weighted by molar-refractivity contribution is -0.401. The first-order valence-electron chi connectivity index (χ1n) is 7.31. The second-order valence-electron chi connectivity index (χ2n) is 5.21. The highest BCUT2D eigenvalue weighted by molar-refractivity contribution is 6.30. The highest BCUT2D eigenvalue weighted by Gasteiger charge is 2.17. The number of carbonyl (C=O) groups is 1. The molecule has 0 unspecified atom stereocenters. The van der Waals surface area contributed by atoms with Crippen LogP contribution in [0.25, 0.3) is 11.5 Å². The Hall–Kier alpha value is -3.46. The molecule has 0 aliphatic rings. The summed E-state index contributed by atoms with van der Waals surface area (Å²) >= 11 is 5.78. The molecule has 1 aromatic carbocycles. The van der Waals surface area contributed by atoms with Crippen molar-refractivity contribution in [1.29, 1.82) is 0 Å². The van der Waals surface area contributed by atoms with Crippen molar-refractivity contribution in [3.05, 3.63) is 68.9 Å². The summed E-state index contributed by atoms with van der Waals surface area (Å²) in [5, 5.41) is 19.4. The van der Waals surface area contributed by atoms with Crippen LogP contribution >= 0.6 is 11.6 Å². The molecular formula is C16H12ClN5O4. The molecule has 10 heteroatoms. The van der Waals surface area contributed by atoms with E-state index in [4.69, 9.17) is 16.0 Å². The van der Waals surface area contributed by atoms with Gasteiger partial charge in [-0.15, -0.1) is 0 Å². The third-order valence-electron chi connectivity index (χ3n) is 3.34. The summed E-state index contributed by atoms with van der Waals surface area (Å²) in [5.41, 5.74) is 3.68. The van der Waals surface area contributed by atoms with Crippen molar-refractivity contribution in [3.63, 3.8) is 0 Å². The molecule has 0 saturated heterocycles. The van der Waals surface area contributed by atoms with Gasteiger partial charge in [0.25, 0.3) is 5.91 Å². The lowest BCUT2D eigenvalue weighted by Gasteiger charge is -1.99. The van der Waals surface area contributed by atoms with Crippen LogP contribution < -0.4 is 5.43 Å². The first-order chi connectivity index (χ1) is 12.4. The number of hydrogen-bond donors (Lipinski definition) is 1. The molecule has 0 radical (unpaired) electrons. The summed E-state index contributed by atoms with van der Waals surface area (Å²) in [6.07, 6.45) is 3.02. The van der Waals surface area contributed by atoms with Gasteiger partial charge in [0.1, 0.15) is 10.6 Å². The Balaban J connectivity index is 1.77. The fourth-order valence-electron chi connectivity index (χ4n) is 2.17. The third kappa shape index (κ3) is 3.78. The molecule has 0 bridgehead atoms. The van der Waals surface area contributed by atoms with E-state index in [0.29, 0.717) is 21.8 Å². The molecule has 0 fully saturated rings. The second kappa shape index (κ2) is 7.19. The molecule has 0 aliphatic carbocycles. The van der Waals surface area contributed by atoms with Gasteiger partial charge < -0.3 is 4.42 Å². The monoisotopic (exact) mass is 373 g/mol. The standard InChI is InChI=1S/C16H12ClN5O4/c1-21-9-11(15(20-21)13-6-7-14(26-13)22(24)25)8-18-19-16(23)10-2-4-12(17)5-3-10/h2-9H,1H3,(H,19,23). The molecule has 1 amide bonds. The van der Waals surface area contributed by atoms with Crippen molar-refractivity contribution in [2.45, 2.75) is 0 Å². The normalized spacial score (nSPS) is 11.0. The number of hydrogen-bond acceptors (Lipinski definition) is 6. The number of hydrazone groups is 1. The Morgan fingerprint density at radius 1 is 1.35 bits per heavy atom. The molecular weight excluding hydrogens is 362 g/mol. The molecule has 2 aromatic heterocycles. The average molecular weight is 374 g/mol. The number of benzene rings is 1. The average Bonchev–Trinajstić information content (AvgIpc) is 3.22. The van der Waals surface area contributed by atoms with Crippen LogP contribution in [-0.2, 0) is 7.05 Å². The molecule has 3 aromatic rings. The Morgan fingerprint density at radius 3 is 2.73 bits per heavy atom. The van der Waals surface area contributed by atoms with E-state index < -0.39 is 10.8 Å². The summed E-state index contributed by atoms with van der Waals surface area (Å²) < 4.78 is 6.66. The minimum Gasteiger partial charge on any atom is -0.399 e. The van der Waals surface area contributed by atoms with Gasteiger partial charge in [0.15, 0.2) is 5.76 Å². The maximum Gasteiger partial charge on any atom is 0.433 e. The maximum absolute atomic E-state index is 12.0. The van der Waals surface area contributed by atoms with Gasteiger partial charge in [-0.3, -0.25) is 19.6 Å². The highest BCUT2D eigenvalue weighted by Crippen LogP contribution is 2.26. The van der Waals surface area contributed by atoms with Crippen molar-refractivity contribution in [2.24, 2.45) is 12.1 Å². The fourth-order valence-corrected chi connectivity index (χ4v) is 2.30. The lowest BCUT2D eigenvalue weighted by atomic mass is 10.2. The smallest absolute Gasteiger partial charge is 0.399 e. The van der Waals surface area contributed by atoms with Gasteiger partial charge in [-0.2, -0.15) is 10.2 Å². The maximum atomic E-state index is 12.0. The van der Waals surface area contributed by atoms with Crippen molar-refractivity contribution in [1.82, 2.24) is 15.2 Å².